The minimum atomic E-state index is -3.66. The smallest absolute Gasteiger partial charge is 0.243 e. The van der Waals surface area contributed by atoms with E-state index in [0.717, 1.165) is 0 Å². The lowest BCUT2D eigenvalue weighted by molar-refractivity contribution is 0.0632. The normalized spacial score (nSPS) is 17.4. The maximum absolute atomic E-state index is 13.8. The maximum Gasteiger partial charge on any atom is 0.243 e. The fourth-order valence-electron chi connectivity index (χ4n) is 2.46. The number of hydrogen-bond acceptors (Lipinski definition) is 3. The van der Waals surface area contributed by atoms with Gasteiger partial charge in [0.15, 0.2) is 0 Å². The lowest BCUT2D eigenvalue weighted by atomic mass is 10.1. The Kier molecular flexibility index (Phi) is 5.24. The highest BCUT2D eigenvalue weighted by molar-refractivity contribution is 7.89. The monoisotopic (exact) mass is 335 g/mol. The SMILES string of the molecule is Cc1cc(S(=O)(=O)N(C)C2CCOCC2)cc(CCl)c1F. The number of nitrogens with zero attached hydrogens (tertiary/aromatic N) is 1. The first kappa shape index (κ1) is 16.7. The molecule has 0 aliphatic carbocycles. The third-order valence-corrected chi connectivity index (χ3v) is 6.01. The van der Waals surface area contributed by atoms with Crippen LogP contribution in [0.5, 0.6) is 0 Å². The first-order valence-electron chi connectivity index (χ1n) is 6.78. The molecule has 1 aromatic carbocycles. The fraction of sp³-hybridized carbons (Fsp3) is 0.571. The molecule has 0 bridgehead atoms. The summed E-state index contributed by atoms with van der Waals surface area (Å²) >= 11 is 5.69. The van der Waals surface area contributed by atoms with E-state index in [-0.39, 0.29) is 27.9 Å². The van der Waals surface area contributed by atoms with E-state index in [1.165, 1.54) is 16.4 Å². The summed E-state index contributed by atoms with van der Waals surface area (Å²) in [4.78, 5) is 0.0889. The molecule has 0 unspecified atom stereocenters. The lowest BCUT2D eigenvalue weighted by Gasteiger charge is -2.30. The Morgan fingerprint density at radius 3 is 2.57 bits per heavy atom. The van der Waals surface area contributed by atoms with E-state index < -0.39 is 15.8 Å². The van der Waals surface area contributed by atoms with Gasteiger partial charge in [-0.3, -0.25) is 0 Å². The van der Waals surface area contributed by atoms with Crippen molar-refractivity contribution in [3.8, 4) is 0 Å². The quantitative estimate of drug-likeness (QED) is 0.795. The third-order valence-electron chi connectivity index (χ3n) is 3.83. The van der Waals surface area contributed by atoms with Crippen molar-refractivity contribution in [2.24, 2.45) is 0 Å². The topological polar surface area (TPSA) is 46.6 Å². The van der Waals surface area contributed by atoms with E-state index in [1.54, 1.807) is 14.0 Å². The zero-order valence-corrected chi connectivity index (χ0v) is 13.7. The fourth-order valence-corrected chi connectivity index (χ4v) is 4.21. The van der Waals surface area contributed by atoms with Gasteiger partial charge in [-0.05, 0) is 37.5 Å². The lowest BCUT2D eigenvalue weighted by Crippen LogP contribution is -2.40. The van der Waals surface area contributed by atoms with Crippen LogP contribution < -0.4 is 0 Å². The van der Waals surface area contributed by atoms with Gasteiger partial charge in [0, 0.05) is 31.9 Å². The van der Waals surface area contributed by atoms with Crippen molar-refractivity contribution in [1.29, 1.82) is 0 Å². The highest BCUT2D eigenvalue weighted by Crippen LogP contribution is 2.26. The molecule has 21 heavy (non-hydrogen) atoms. The van der Waals surface area contributed by atoms with Gasteiger partial charge in [0.05, 0.1) is 10.8 Å². The molecule has 0 amide bonds. The van der Waals surface area contributed by atoms with Gasteiger partial charge < -0.3 is 4.74 Å². The van der Waals surface area contributed by atoms with E-state index >= 15 is 0 Å². The van der Waals surface area contributed by atoms with Gasteiger partial charge in [0.25, 0.3) is 0 Å². The number of aryl methyl sites for hydroxylation is 1. The molecule has 0 aromatic heterocycles. The van der Waals surface area contributed by atoms with Gasteiger partial charge in [0.1, 0.15) is 5.82 Å². The average molecular weight is 336 g/mol. The molecule has 1 aromatic rings. The van der Waals surface area contributed by atoms with Crippen molar-refractivity contribution in [3.63, 3.8) is 0 Å². The third kappa shape index (κ3) is 3.39. The standard InChI is InChI=1S/C14H19ClFNO3S/c1-10-7-13(8-11(9-15)14(10)16)21(18,19)17(2)12-3-5-20-6-4-12/h7-8,12H,3-6,9H2,1-2H3. The van der Waals surface area contributed by atoms with E-state index in [2.05, 4.69) is 0 Å². The second-order valence-electron chi connectivity index (χ2n) is 5.21. The van der Waals surface area contributed by atoms with Crippen LogP contribution in [-0.2, 0) is 20.6 Å². The molecule has 0 atom stereocenters. The zero-order valence-electron chi connectivity index (χ0n) is 12.1. The van der Waals surface area contributed by atoms with Crippen LogP contribution in [0.1, 0.15) is 24.0 Å². The van der Waals surface area contributed by atoms with Crippen LogP contribution in [0.15, 0.2) is 17.0 Å². The van der Waals surface area contributed by atoms with Gasteiger partial charge in [-0.1, -0.05) is 0 Å². The Morgan fingerprint density at radius 1 is 1.38 bits per heavy atom. The molecular weight excluding hydrogens is 317 g/mol. The molecule has 1 aliphatic heterocycles. The summed E-state index contributed by atoms with van der Waals surface area (Å²) in [7, 11) is -2.10. The minimum Gasteiger partial charge on any atom is -0.381 e. The number of benzene rings is 1. The van der Waals surface area contributed by atoms with Crippen molar-refractivity contribution in [2.45, 2.75) is 36.6 Å². The summed E-state index contributed by atoms with van der Waals surface area (Å²) in [6.07, 6.45) is 1.33. The van der Waals surface area contributed by atoms with E-state index in [9.17, 15) is 12.8 Å². The molecule has 0 spiro atoms. The van der Waals surface area contributed by atoms with Gasteiger partial charge in [-0.15, -0.1) is 11.6 Å². The van der Waals surface area contributed by atoms with Crippen molar-refractivity contribution >= 4 is 21.6 Å². The van der Waals surface area contributed by atoms with E-state index in [0.29, 0.717) is 26.1 Å². The van der Waals surface area contributed by atoms with Crippen LogP contribution >= 0.6 is 11.6 Å². The molecule has 7 heteroatoms. The van der Waals surface area contributed by atoms with Gasteiger partial charge in [-0.25, -0.2) is 12.8 Å². The molecule has 0 saturated carbocycles. The second kappa shape index (κ2) is 6.60. The van der Waals surface area contributed by atoms with E-state index in [4.69, 9.17) is 16.3 Å². The van der Waals surface area contributed by atoms with Crippen LogP contribution in [0, 0.1) is 12.7 Å². The van der Waals surface area contributed by atoms with Crippen LogP contribution in [0.4, 0.5) is 4.39 Å². The summed E-state index contributed by atoms with van der Waals surface area (Å²) in [5.74, 6) is -0.505. The summed E-state index contributed by atoms with van der Waals surface area (Å²) in [5.41, 5.74) is 0.489. The molecule has 0 N–H and O–H groups in total. The van der Waals surface area contributed by atoms with Crippen LogP contribution in [0.3, 0.4) is 0 Å². The molecule has 4 nitrogen and oxygen atoms in total. The summed E-state index contributed by atoms with van der Waals surface area (Å²) in [5, 5.41) is 0. The molecule has 1 fully saturated rings. The minimum absolute atomic E-state index is 0.0585. The van der Waals surface area contributed by atoms with Gasteiger partial charge in [0.2, 0.25) is 10.0 Å². The van der Waals surface area contributed by atoms with Gasteiger partial charge >= 0.3 is 0 Å². The summed E-state index contributed by atoms with van der Waals surface area (Å²) < 4.78 is 45.8. The predicted molar refractivity (Wildman–Crippen MR) is 79.5 cm³/mol. The number of halogens is 2. The number of hydrogen-bond donors (Lipinski definition) is 0. The number of rotatable bonds is 4. The molecule has 1 heterocycles. The number of sulfonamides is 1. The van der Waals surface area contributed by atoms with Crippen molar-refractivity contribution in [3.05, 3.63) is 29.1 Å². The van der Waals surface area contributed by atoms with Crippen LogP contribution in [0.25, 0.3) is 0 Å². The van der Waals surface area contributed by atoms with Gasteiger partial charge in [-0.2, -0.15) is 4.31 Å². The maximum atomic E-state index is 13.8. The zero-order chi connectivity index (χ0) is 15.6. The summed E-state index contributed by atoms with van der Waals surface area (Å²) in [6.45, 7) is 2.65. The molecule has 1 saturated heterocycles. The molecule has 2 rings (SSSR count). The molecule has 1 aliphatic rings. The highest BCUT2D eigenvalue weighted by Gasteiger charge is 2.30. The molecular formula is C14H19ClFNO3S. The first-order chi connectivity index (χ1) is 9.87. The molecule has 0 radical (unpaired) electrons. The Balaban J connectivity index is 2.36. The van der Waals surface area contributed by atoms with Crippen molar-refractivity contribution in [1.82, 2.24) is 4.31 Å². The first-order valence-corrected chi connectivity index (χ1v) is 8.76. The van der Waals surface area contributed by atoms with Crippen LogP contribution in [0.2, 0.25) is 0 Å². The number of ether oxygens (including phenoxy) is 1. The highest BCUT2D eigenvalue weighted by atomic mass is 35.5. The van der Waals surface area contributed by atoms with Crippen molar-refractivity contribution < 1.29 is 17.5 Å². The van der Waals surface area contributed by atoms with E-state index in [1.807, 2.05) is 0 Å². The summed E-state index contributed by atoms with van der Waals surface area (Å²) in [6, 6.07) is 2.59. The Labute approximate surface area is 129 Å². The predicted octanol–water partition coefficient (Wildman–Crippen LogP) is 2.67. The molecule has 118 valence electrons. The number of alkyl halides is 1. The average Bonchev–Trinajstić information content (AvgIpc) is 2.49. The Bertz CT molecular complexity index is 615. The second-order valence-corrected chi connectivity index (χ2v) is 7.48. The van der Waals surface area contributed by atoms with Crippen LogP contribution in [-0.4, -0.2) is 39.0 Å². The van der Waals surface area contributed by atoms with Crippen molar-refractivity contribution in [2.75, 3.05) is 20.3 Å². The Hall–Kier alpha value is -0.690. The largest absolute Gasteiger partial charge is 0.381 e. The Morgan fingerprint density at radius 2 is 2.00 bits per heavy atom.